The van der Waals surface area contributed by atoms with E-state index in [1.807, 2.05) is 25.3 Å². The third-order valence-corrected chi connectivity index (χ3v) is 5.32. The van der Waals surface area contributed by atoms with Gasteiger partial charge in [0.1, 0.15) is 5.70 Å². The van der Waals surface area contributed by atoms with E-state index >= 15 is 0 Å². The number of aliphatic imine (C=N–C) groups is 1. The Morgan fingerprint density at radius 1 is 1.32 bits per heavy atom. The van der Waals surface area contributed by atoms with E-state index in [-0.39, 0.29) is 17.2 Å². The third kappa shape index (κ3) is 5.37. The number of amides is 1. The number of hydrogen-bond acceptors (Lipinski definition) is 7. The zero-order chi connectivity index (χ0) is 22.4. The molecule has 9 nitrogen and oxygen atoms in total. The van der Waals surface area contributed by atoms with Gasteiger partial charge < -0.3 is 19.9 Å². The zero-order valence-corrected chi connectivity index (χ0v) is 18.1. The average molecular weight is 425 g/mol. The van der Waals surface area contributed by atoms with E-state index in [9.17, 15) is 9.59 Å². The number of nitrogens with one attached hydrogen (secondary N) is 2. The number of methoxy groups -OCH3 is 1. The Hall–Kier alpha value is -3.46. The van der Waals surface area contributed by atoms with E-state index in [4.69, 9.17) is 4.74 Å². The van der Waals surface area contributed by atoms with Crippen LogP contribution in [0, 0.1) is 0 Å². The summed E-state index contributed by atoms with van der Waals surface area (Å²) in [6, 6.07) is 3.62. The highest BCUT2D eigenvalue weighted by molar-refractivity contribution is 5.93. The second kappa shape index (κ2) is 10.0. The number of nitrogens with zero attached hydrogens (tertiary/aromatic N) is 4. The molecule has 0 aliphatic carbocycles. The van der Waals surface area contributed by atoms with E-state index in [2.05, 4.69) is 36.8 Å². The molecule has 0 aromatic carbocycles. The summed E-state index contributed by atoms with van der Waals surface area (Å²) >= 11 is 0. The molecule has 2 N–H and O–H groups in total. The number of allylic oxidation sites excluding steroid dienone is 3. The van der Waals surface area contributed by atoms with Crippen molar-refractivity contribution in [1.82, 2.24) is 25.1 Å². The standard InChI is InChI=1S/C22H28N6O3/c1-15(5-6-17(23-2)21(29)24-3)28-9-7-27(8-10-28)14-16-11-19-18(25-13-16)12-20(31-4)22(30)26-19/h5-6,11-13H,2,7-10,14H2,1,3-4H3,(H,24,29)(H,26,30)/b15-5+,17-6-. The molecule has 1 aliphatic heterocycles. The minimum absolute atomic E-state index is 0.257. The molecule has 164 valence electrons. The van der Waals surface area contributed by atoms with E-state index in [0.717, 1.165) is 44.0 Å². The van der Waals surface area contributed by atoms with Gasteiger partial charge in [0, 0.05) is 57.7 Å². The van der Waals surface area contributed by atoms with Crippen LogP contribution >= 0.6 is 0 Å². The lowest BCUT2D eigenvalue weighted by Crippen LogP contribution is -2.44. The molecule has 1 saturated heterocycles. The fraction of sp³-hybridized carbons (Fsp3) is 0.364. The molecule has 0 unspecified atom stereocenters. The van der Waals surface area contributed by atoms with Crippen LogP contribution in [0.15, 0.2) is 51.7 Å². The predicted octanol–water partition coefficient (Wildman–Crippen LogP) is 1.28. The molecule has 1 amide bonds. The Morgan fingerprint density at radius 2 is 2.06 bits per heavy atom. The molecule has 2 aromatic heterocycles. The van der Waals surface area contributed by atoms with Gasteiger partial charge in [-0.2, -0.15) is 0 Å². The number of aromatic amines is 1. The number of ether oxygens (including phenoxy) is 1. The molecule has 0 saturated carbocycles. The molecular formula is C22H28N6O3. The van der Waals surface area contributed by atoms with Crippen molar-refractivity contribution < 1.29 is 9.53 Å². The zero-order valence-electron chi connectivity index (χ0n) is 18.1. The van der Waals surface area contributed by atoms with Gasteiger partial charge in [-0.05, 0) is 37.4 Å². The lowest BCUT2D eigenvalue weighted by Gasteiger charge is -2.36. The summed E-state index contributed by atoms with van der Waals surface area (Å²) in [4.78, 5) is 39.3. The van der Waals surface area contributed by atoms with Crippen molar-refractivity contribution in [3.05, 3.63) is 57.8 Å². The van der Waals surface area contributed by atoms with Gasteiger partial charge in [0.15, 0.2) is 5.75 Å². The first kappa shape index (κ1) is 22.2. The van der Waals surface area contributed by atoms with Crippen molar-refractivity contribution in [2.24, 2.45) is 4.99 Å². The van der Waals surface area contributed by atoms with E-state index < -0.39 is 0 Å². The van der Waals surface area contributed by atoms with Crippen molar-refractivity contribution in [2.45, 2.75) is 13.5 Å². The summed E-state index contributed by atoms with van der Waals surface area (Å²) in [5.41, 5.74) is 3.55. The molecule has 0 radical (unpaired) electrons. The number of pyridine rings is 2. The summed E-state index contributed by atoms with van der Waals surface area (Å²) in [7, 11) is 3.03. The average Bonchev–Trinajstić information content (AvgIpc) is 2.79. The number of aromatic nitrogens is 2. The van der Waals surface area contributed by atoms with E-state index in [0.29, 0.717) is 16.7 Å². The number of rotatable bonds is 7. The predicted molar refractivity (Wildman–Crippen MR) is 121 cm³/mol. The van der Waals surface area contributed by atoms with Gasteiger partial charge in [-0.15, -0.1) is 0 Å². The highest BCUT2D eigenvalue weighted by atomic mass is 16.5. The van der Waals surface area contributed by atoms with Crippen molar-refractivity contribution in [1.29, 1.82) is 0 Å². The van der Waals surface area contributed by atoms with Crippen LogP contribution in [0.1, 0.15) is 12.5 Å². The highest BCUT2D eigenvalue weighted by Gasteiger charge is 2.17. The van der Waals surface area contributed by atoms with Crippen LogP contribution in [0.25, 0.3) is 11.0 Å². The van der Waals surface area contributed by atoms with Crippen molar-refractivity contribution in [3.63, 3.8) is 0 Å². The Bertz CT molecular complexity index is 1080. The van der Waals surface area contributed by atoms with Gasteiger partial charge in [0.25, 0.3) is 11.5 Å². The molecule has 3 heterocycles. The Labute approximate surface area is 181 Å². The maximum absolute atomic E-state index is 12.0. The largest absolute Gasteiger partial charge is 0.491 e. The van der Waals surface area contributed by atoms with Crippen molar-refractivity contribution >= 4 is 23.7 Å². The number of H-pyrrole nitrogens is 1. The van der Waals surface area contributed by atoms with Crippen LogP contribution in [-0.4, -0.2) is 72.7 Å². The molecule has 2 aromatic rings. The minimum Gasteiger partial charge on any atom is -0.491 e. The Balaban J connectivity index is 1.61. The number of likely N-dealkylation sites (N-methyl/N-ethyl adjacent to an activating group) is 1. The molecule has 1 aliphatic rings. The van der Waals surface area contributed by atoms with Crippen LogP contribution in [0.5, 0.6) is 5.75 Å². The molecule has 31 heavy (non-hydrogen) atoms. The maximum atomic E-state index is 12.0. The monoisotopic (exact) mass is 424 g/mol. The smallest absolute Gasteiger partial charge is 0.290 e. The normalized spacial score (nSPS) is 15.8. The van der Waals surface area contributed by atoms with Crippen molar-refractivity contribution in [2.75, 3.05) is 40.3 Å². The van der Waals surface area contributed by atoms with Gasteiger partial charge in [-0.3, -0.25) is 24.5 Å². The summed E-state index contributed by atoms with van der Waals surface area (Å²) in [5, 5.41) is 2.55. The first-order valence-corrected chi connectivity index (χ1v) is 10.1. The number of fused-ring (bicyclic) bond motifs is 1. The van der Waals surface area contributed by atoms with Gasteiger partial charge in [-0.1, -0.05) is 0 Å². The molecule has 0 bridgehead atoms. The minimum atomic E-state index is -0.259. The highest BCUT2D eigenvalue weighted by Crippen LogP contribution is 2.17. The van der Waals surface area contributed by atoms with Crippen LogP contribution in [0.2, 0.25) is 0 Å². The Morgan fingerprint density at radius 3 is 2.71 bits per heavy atom. The van der Waals surface area contributed by atoms with Crippen LogP contribution in [0.4, 0.5) is 0 Å². The third-order valence-electron chi connectivity index (χ3n) is 5.32. The van der Waals surface area contributed by atoms with Gasteiger partial charge in [-0.25, -0.2) is 0 Å². The summed E-state index contributed by atoms with van der Waals surface area (Å²) in [6.07, 6.45) is 5.42. The number of piperazine rings is 1. The van der Waals surface area contributed by atoms with E-state index in [1.165, 1.54) is 7.11 Å². The summed E-state index contributed by atoms with van der Waals surface area (Å²) in [6.45, 7) is 9.77. The quantitative estimate of drug-likeness (QED) is 0.394. The van der Waals surface area contributed by atoms with Crippen LogP contribution in [0.3, 0.4) is 0 Å². The maximum Gasteiger partial charge on any atom is 0.290 e. The van der Waals surface area contributed by atoms with Gasteiger partial charge in [0.05, 0.1) is 18.1 Å². The van der Waals surface area contributed by atoms with Gasteiger partial charge >= 0.3 is 0 Å². The Kier molecular flexibility index (Phi) is 7.19. The SMILES string of the molecule is C=N/C(=C\C=C(/C)N1CCN(Cc2cnc3cc(OC)c(=O)[nH]c3c2)CC1)C(=O)NC. The lowest BCUT2D eigenvalue weighted by molar-refractivity contribution is -0.117. The lowest BCUT2D eigenvalue weighted by atomic mass is 10.2. The van der Waals surface area contributed by atoms with E-state index in [1.54, 1.807) is 19.2 Å². The number of hydrogen-bond donors (Lipinski definition) is 2. The number of carbonyl (C=O) groups excluding carboxylic acids is 1. The van der Waals surface area contributed by atoms with Crippen LogP contribution in [-0.2, 0) is 11.3 Å². The molecule has 1 fully saturated rings. The first-order chi connectivity index (χ1) is 14.9. The number of carbonyl (C=O) groups is 1. The molecular weight excluding hydrogens is 396 g/mol. The second-order valence-electron chi connectivity index (χ2n) is 7.30. The second-order valence-corrected chi connectivity index (χ2v) is 7.30. The van der Waals surface area contributed by atoms with Gasteiger partial charge in [0.2, 0.25) is 0 Å². The molecule has 3 rings (SSSR count). The fourth-order valence-electron chi connectivity index (χ4n) is 3.50. The summed E-state index contributed by atoms with van der Waals surface area (Å²) < 4.78 is 5.06. The molecule has 0 spiro atoms. The fourth-order valence-corrected chi connectivity index (χ4v) is 3.50. The first-order valence-electron chi connectivity index (χ1n) is 10.1. The van der Waals surface area contributed by atoms with Crippen LogP contribution < -0.4 is 15.6 Å². The molecule has 0 atom stereocenters. The summed E-state index contributed by atoms with van der Waals surface area (Å²) in [5.74, 6) is 0.00103. The molecule has 9 heteroatoms. The topological polar surface area (TPSA) is 103 Å². The van der Waals surface area contributed by atoms with Crippen molar-refractivity contribution in [3.8, 4) is 5.75 Å².